The van der Waals surface area contributed by atoms with Gasteiger partial charge in [-0.3, -0.25) is 10.1 Å². The predicted molar refractivity (Wildman–Crippen MR) is 80.4 cm³/mol. The van der Waals surface area contributed by atoms with Crippen LogP contribution in [0.5, 0.6) is 0 Å². The van der Waals surface area contributed by atoms with Gasteiger partial charge in [-0.1, -0.05) is 6.92 Å². The first kappa shape index (κ1) is 14.8. The first-order valence-corrected chi connectivity index (χ1v) is 6.78. The summed E-state index contributed by atoms with van der Waals surface area (Å²) in [7, 11) is 0. The molecule has 0 saturated heterocycles. The number of nitrogens with zero attached hydrogens (tertiary/aromatic N) is 2. The van der Waals surface area contributed by atoms with Crippen LogP contribution in [-0.4, -0.2) is 16.5 Å². The average molecular weight is 290 g/mol. The van der Waals surface area contributed by atoms with Crippen LogP contribution in [0.4, 0.5) is 17.3 Å². The third-order valence-electron chi connectivity index (χ3n) is 2.82. The van der Waals surface area contributed by atoms with Gasteiger partial charge in [0, 0.05) is 6.54 Å². The number of hydrogen-bond acceptors (Lipinski definition) is 6. The highest BCUT2D eigenvalue weighted by molar-refractivity contribution is 5.54. The molecule has 2 aromatic rings. The van der Waals surface area contributed by atoms with E-state index in [0.717, 1.165) is 17.9 Å². The minimum Gasteiger partial charge on any atom is -0.465 e. The molecule has 0 spiro atoms. The van der Waals surface area contributed by atoms with Gasteiger partial charge < -0.3 is 15.1 Å². The van der Waals surface area contributed by atoms with E-state index in [0.29, 0.717) is 24.7 Å². The molecule has 2 heterocycles. The molecule has 0 radical (unpaired) electrons. The van der Waals surface area contributed by atoms with Crippen molar-refractivity contribution in [3.8, 4) is 0 Å². The zero-order valence-corrected chi connectivity index (χ0v) is 12.0. The number of aromatic nitrogens is 1. The van der Waals surface area contributed by atoms with E-state index < -0.39 is 4.92 Å². The van der Waals surface area contributed by atoms with E-state index in [2.05, 4.69) is 15.6 Å². The van der Waals surface area contributed by atoms with Crippen LogP contribution in [-0.2, 0) is 6.54 Å². The monoisotopic (exact) mass is 290 g/mol. The summed E-state index contributed by atoms with van der Waals surface area (Å²) in [5.74, 6) is 2.51. The van der Waals surface area contributed by atoms with E-state index in [4.69, 9.17) is 4.42 Å². The number of nitro groups is 1. The topological polar surface area (TPSA) is 93.2 Å². The number of nitrogens with one attached hydrogen (secondary N) is 2. The van der Waals surface area contributed by atoms with Crippen LogP contribution < -0.4 is 10.6 Å². The first-order valence-electron chi connectivity index (χ1n) is 6.78. The minimum atomic E-state index is -0.430. The zero-order valence-electron chi connectivity index (χ0n) is 12.0. The van der Waals surface area contributed by atoms with Crippen molar-refractivity contribution in [1.29, 1.82) is 0 Å². The van der Waals surface area contributed by atoms with E-state index in [9.17, 15) is 10.1 Å². The van der Waals surface area contributed by atoms with Gasteiger partial charge >= 0.3 is 0 Å². The maximum atomic E-state index is 11.0. The van der Waals surface area contributed by atoms with Gasteiger partial charge in [-0.25, -0.2) is 4.98 Å². The maximum Gasteiger partial charge on any atom is 0.276 e. The quantitative estimate of drug-likeness (QED) is 0.600. The Kier molecular flexibility index (Phi) is 4.76. The second-order valence-corrected chi connectivity index (χ2v) is 4.65. The van der Waals surface area contributed by atoms with Gasteiger partial charge in [-0.15, -0.1) is 0 Å². The second-order valence-electron chi connectivity index (χ2n) is 4.65. The van der Waals surface area contributed by atoms with Crippen molar-refractivity contribution in [2.45, 2.75) is 26.8 Å². The van der Waals surface area contributed by atoms with Crippen LogP contribution in [0, 0.1) is 17.0 Å². The Morgan fingerprint density at radius 2 is 2.00 bits per heavy atom. The summed E-state index contributed by atoms with van der Waals surface area (Å²) < 4.78 is 5.44. The molecule has 0 saturated carbocycles. The normalized spacial score (nSPS) is 10.4. The Balaban J connectivity index is 2.12. The maximum absolute atomic E-state index is 11.0. The molecule has 0 amide bonds. The molecule has 2 aromatic heterocycles. The molecule has 0 aliphatic carbocycles. The van der Waals surface area contributed by atoms with Crippen LogP contribution in [0.3, 0.4) is 0 Å². The Bertz CT molecular complexity index is 624. The molecule has 0 aliphatic heterocycles. The molecule has 0 aromatic carbocycles. The number of aryl methyl sites for hydroxylation is 1. The molecular formula is C14H18N4O3. The van der Waals surface area contributed by atoms with Crippen molar-refractivity contribution >= 4 is 17.3 Å². The lowest BCUT2D eigenvalue weighted by Gasteiger charge is -2.08. The number of hydrogen-bond donors (Lipinski definition) is 2. The smallest absolute Gasteiger partial charge is 0.276 e. The summed E-state index contributed by atoms with van der Waals surface area (Å²) in [6, 6.07) is 6.56. The summed E-state index contributed by atoms with van der Waals surface area (Å²) in [5, 5.41) is 17.1. The van der Waals surface area contributed by atoms with Crippen molar-refractivity contribution in [2.75, 3.05) is 17.2 Å². The Morgan fingerprint density at radius 1 is 1.29 bits per heavy atom. The molecule has 0 atom stereocenters. The number of furan rings is 1. The largest absolute Gasteiger partial charge is 0.465 e. The van der Waals surface area contributed by atoms with Crippen LogP contribution in [0.15, 0.2) is 28.7 Å². The fourth-order valence-corrected chi connectivity index (χ4v) is 1.81. The fourth-order valence-electron chi connectivity index (χ4n) is 1.81. The average Bonchev–Trinajstić information content (AvgIpc) is 2.88. The zero-order chi connectivity index (χ0) is 15.2. The second kappa shape index (κ2) is 6.74. The predicted octanol–water partition coefficient (Wildman–Crippen LogP) is 3.33. The van der Waals surface area contributed by atoms with E-state index in [1.165, 1.54) is 12.1 Å². The van der Waals surface area contributed by atoms with Gasteiger partial charge in [-0.05, 0) is 25.5 Å². The van der Waals surface area contributed by atoms with Gasteiger partial charge in [0.05, 0.1) is 23.6 Å². The fraction of sp³-hybridized carbons (Fsp3) is 0.357. The minimum absolute atomic E-state index is 0.00160. The third kappa shape index (κ3) is 4.20. The molecule has 0 bridgehead atoms. The third-order valence-corrected chi connectivity index (χ3v) is 2.82. The van der Waals surface area contributed by atoms with Crippen molar-refractivity contribution in [1.82, 2.24) is 4.98 Å². The van der Waals surface area contributed by atoms with Gasteiger partial charge in [0.25, 0.3) is 5.69 Å². The molecule has 7 nitrogen and oxygen atoms in total. The van der Waals surface area contributed by atoms with Crippen molar-refractivity contribution in [3.05, 3.63) is 45.9 Å². The molecule has 112 valence electrons. The number of rotatable bonds is 7. The first-order chi connectivity index (χ1) is 10.1. The van der Waals surface area contributed by atoms with Gasteiger partial charge in [0.1, 0.15) is 23.2 Å². The van der Waals surface area contributed by atoms with Crippen LogP contribution in [0.25, 0.3) is 0 Å². The van der Waals surface area contributed by atoms with Crippen LogP contribution in [0.2, 0.25) is 0 Å². The van der Waals surface area contributed by atoms with Gasteiger partial charge in [0.2, 0.25) is 0 Å². The Hall–Kier alpha value is -2.57. The van der Waals surface area contributed by atoms with E-state index in [1.54, 1.807) is 0 Å². The van der Waals surface area contributed by atoms with Crippen molar-refractivity contribution in [2.24, 2.45) is 0 Å². The summed E-state index contributed by atoms with van der Waals surface area (Å²) >= 11 is 0. The molecule has 21 heavy (non-hydrogen) atoms. The van der Waals surface area contributed by atoms with Gasteiger partial charge in [0.15, 0.2) is 0 Å². The lowest BCUT2D eigenvalue weighted by molar-refractivity contribution is -0.384. The number of pyridine rings is 1. The highest BCUT2D eigenvalue weighted by Gasteiger charge is 2.11. The van der Waals surface area contributed by atoms with Crippen molar-refractivity contribution < 1.29 is 9.34 Å². The lowest BCUT2D eigenvalue weighted by atomic mass is 10.3. The highest BCUT2D eigenvalue weighted by Crippen LogP contribution is 2.21. The van der Waals surface area contributed by atoms with Crippen molar-refractivity contribution in [3.63, 3.8) is 0 Å². The Morgan fingerprint density at radius 3 is 2.57 bits per heavy atom. The Labute approximate surface area is 122 Å². The molecule has 0 unspecified atom stereocenters. The standard InChI is InChI=1S/C14H18N4O3/c1-3-6-15-13-7-11(18(19)20)8-14(17-13)16-9-12-5-4-10(2)21-12/h4-5,7-8H,3,6,9H2,1-2H3,(H2,15,16,17). The molecule has 7 heteroatoms. The van der Waals surface area contributed by atoms with E-state index >= 15 is 0 Å². The lowest BCUT2D eigenvalue weighted by Crippen LogP contribution is -2.06. The van der Waals surface area contributed by atoms with Gasteiger partial charge in [-0.2, -0.15) is 0 Å². The van der Waals surface area contributed by atoms with Crippen LogP contribution >= 0.6 is 0 Å². The highest BCUT2D eigenvalue weighted by atomic mass is 16.6. The van der Waals surface area contributed by atoms with E-state index in [-0.39, 0.29) is 5.69 Å². The van der Waals surface area contributed by atoms with Crippen LogP contribution in [0.1, 0.15) is 24.9 Å². The molecule has 2 N–H and O–H groups in total. The molecule has 0 fully saturated rings. The van der Waals surface area contributed by atoms with E-state index in [1.807, 2.05) is 26.0 Å². The summed E-state index contributed by atoms with van der Waals surface area (Å²) in [5.41, 5.74) is 0.00160. The summed E-state index contributed by atoms with van der Waals surface area (Å²) in [6.45, 7) is 5.02. The molecule has 0 aliphatic rings. The molecular weight excluding hydrogens is 272 g/mol. The molecule has 2 rings (SSSR count). The SMILES string of the molecule is CCCNc1cc([N+](=O)[O-])cc(NCc2ccc(C)o2)n1. The summed E-state index contributed by atoms with van der Waals surface area (Å²) in [4.78, 5) is 14.8. The number of anilines is 2. The summed E-state index contributed by atoms with van der Waals surface area (Å²) in [6.07, 6.45) is 0.915.